The number of hydrazone groups is 1. The van der Waals surface area contributed by atoms with Crippen molar-refractivity contribution in [1.82, 2.24) is 5.01 Å². The minimum Gasteiger partial charge on any atom is -0.493 e. The second-order valence-electron chi connectivity index (χ2n) is 4.53. The molecule has 0 saturated heterocycles. The molecule has 0 unspecified atom stereocenters. The third-order valence-corrected chi connectivity index (χ3v) is 3.18. The van der Waals surface area contributed by atoms with E-state index >= 15 is 0 Å². The van der Waals surface area contributed by atoms with Crippen LogP contribution in [0.15, 0.2) is 17.2 Å². The van der Waals surface area contributed by atoms with Gasteiger partial charge < -0.3 is 18.9 Å². The molecule has 0 radical (unpaired) electrons. The molecule has 1 aliphatic heterocycles. The Balaban J connectivity index is 2.40. The van der Waals surface area contributed by atoms with E-state index in [2.05, 4.69) is 5.10 Å². The van der Waals surface area contributed by atoms with Crippen LogP contribution >= 0.6 is 0 Å². The number of nitriles is 1. The highest BCUT2D eigenvalue weighted by Crippen LogP contribution is 2.38. The third kappa shape index (κ3) is 3.45. The van der Waals surface area contributed by atoms with Gasteiger partial charge in [0, 0.05) is 5.56 Å². The standard InChI is InChI=1S/C15H17N3O5/c1-20-11-7-10(8-12(21-2)14(11)22-3)15-17-18(6-4-5-16)13(19)9-23-15/h7-8H,4,6,9H2,1-3H3. The fourth-order valence-corrected chi connectivity index (χ4v) is 2.08. The van der Waals surface area contributed by atoms with Crippen LogP contribution < -0.4 is 14.2 Å². The first kappa shape index (κ1) is 16.4. The lowest BCUT2D eigenvalue weighted by Crippen LogP contribution is -2.37. The number of ether oxygens (including phenoxy) is 4. The molecule has 8 nitrogen and oxygen atoms in total. The number of rotatable bonds is 6. The monoisotopic (exact) mass is 319 g/mol. The van der Waals surface area contributed by atoms with Crippen molar-refractivity contribution in [1.29, 1.82) is 5.26 Å². The molecule has 0 atom stereocenters. The highest BCUT2D eigenvalue weighted by Gasteiger charge is 2.24. The van der Waals surface area contributed by atoms with E-state index in [4.69, 9.17) is 24.2 Å². The molecule has 0 N–H and O–H groups in total. The van der Waals surface area contributed by atoms with Crippen molar-refractivity contribution in [3.8, 4) is 23.3 Å². The highest BCUT2D eigenvalue weighted by atomic mass is 16.5. The predicted molar refractivity (Wildman–Crippen MR) is 80.5 cm³/mol. The largest absolute Gasteiger partial charge is 0.493 e. The first-order valence-electron chi connectivity index (χ1n) is 6.83. The van der Waals surface area contributed by atoms with Gasteiger partial charge in [-0.2, -0.15) is 5.26 Å². The zero-order valence-electron chi connectivity index (χ0n) is 13.2. The Hall–Kier alpha value is -2.95. The molecule has 1 aromatic carbocycles. The van der Waals surface area contributed by atoms with Crippen LogP contribution in [0.1, 0.15) is 12.0 Å². The predicted octanol–water partition coefficient (Wildman–Crippen LogP) is 1.15. The van der Waals surface area contributed by atoms with Crippen molar-refractivity contribution in [2.45, 2.75) is 6.42 Å². The zero-order valence-corrected chi connectivity index (χ0v) is 13.2. The summed E-state index contributed by atoms with van der Waals surface area (Å²) >= 11 is 0. The molecule has 2 rings (SSSR count). The number of carbonyl (C=O) groups is 1. The number of hydrogen-bond donors (Lipinski definition) is 0. The van der Waals surface area contributed by atoms with Gasteiger partial charge in [-0.3, -0.25) is 4.79 Å². The molecule has 8 heteroatoms. The van der Waals surface area contributed by atoms with Gasteiger partial charge in [0.25, 0.3) is 5.91 Å². The van der Waals surface area contributed by atoms with E-state index in [1.165, 1.54) is 26.3 Å². The van der Waals surface area contributed by atoms with Crippen molar-refractivity contribution in [3.05, 3.63) is 17.7 Å². The molecule has 0 fully saturated rings. The van der Waals surface area contributed by atoms with Crippen LogP contribution in [0.5, 0.6) is 17.2 Å². The quantitative estimate of drug-likeness (QED) is 0.780. The maximum absolute atomic E-state index is 11.7. The average Bonchev–Trinajstić information content (AvgIpc) is 2.59. The summed E-state index contributed by atoms with van der Waals surface area (Å²) in [7, 11) is 4.53. The van der Waals surface area contributed by atoms with E-state index < -0.39 is 0 Å². The van der Waals surface area contributed by atoms with Crippen molar-refractivity contribution in [2.24, 2.45) is 5.10 Å². The first-order chi connectivity index (χ1) is 11.1. The summed E-state index contributed by atoms with van der Waals surface area (Å²) in [4.78, 5) is 11.7. The lowest BCUT2D eigenvalue weighted by molar-refractivity contribution is -0.135. The summed E-state index contributed by atoms with van der Waals surface area (Å²) in [5.74, 6) is 1.31. The van der Waals surface area contributed by atoms with Crippen LogP contribution in [-0.2, 0) is 9.53 Å². The van der Waals surface area contributed by atoms with Crippen molar-refractivity contribution in [2.75, 3.05) is 34.5 Å². The zero-order chi connectivity index (χ0) is 16.8. The molecule has 23 heavy (non-hydrogen) atoms. The van der Waals surface area contributed by atoms with Crippen molar-refractivity contribution >= 4 is 11.8 Å². The highest BCUT2D eigenvalue weighted by molar-refractivity contribution is 5.99. The average molecular weight is 319 g/mol. The summed E-state index contributed by atoms with van der Waals surface area (Å²) < 4.78 is 21.2. The topological polar surface area (TPSA) is 93.4 Å². The van der Waals surface area contributed by atoms with E-state index in [-0.39, 0.29) is 31.4 Å². The number of nitrogens with zero attached hydrogens (tertiary/aromatic N) is 3. The molecule has 0 aliphatic carbocycles. The van der Waals surface area contributed by atoms with Crippen LogP contribution in [0.2, 0.25) is 0 Å². The number of benzene rings is 1. The molecule has 0 bridgehead atoms. The Morgan fingerprint density at radius 2 is 1.91 bits per heavy atom. The Morgan fingerprint density at radius 3 is 2.43 bits per heavy atom. The molecule has 1 aromatic rings. The van der Waals surface area contributed by atoms with Gasteiger partial charge in [0.2, 0.25) is 11.6 Å². The summed E-state index contributed by atoms with van der Waals surface area (Å²) in [5.41, 5.74) is 0.578. The second-order valence-corrected chi connectivity index (χ2v) is 4.53. The number of hydrogen-bond acceptors (Lipinski definition) is 7. The van der Waals surface area contributed by atoms with Crippen LogP contribution in [0, 0.1) is 11.3 Å². The van der Waals surface area contributed by atoms with E-state index in [9.17, 15) is 4.79 Å². The Bertz CT molecular complexity index is 641. The second kappa shape index (κ2) is 7.35. The molecule has 1 aliphatic rings. The summed E-state index contributed by atoms with van der Waals surface area (Å²) in [6.07, 6.45) is 0.192. The molecule has 122 valence electrons. The van der Waals surface area contributed by atoms with Gasteiger partial charge in [-0.15, -0.1) is 5.10 Å². The van der Waals surface area contributed by atoms with Crippen LogP contribution in [0.25, 0.3) is 0 Å². The fraction of sp³-hybridized carbons (Fsp3) is 0.400. The van der Waals surface area contributed by atoms with Crippen LogP contribution in [-0.4, -0.2) is 51.3 Å². The SMILES string of the molecule is COc1cc(C2=NN(CCC#N)C(=O)CO2)cc(OC)c1OC. The molecular formula is C15H17N3O5. The maximum Gasteiger partial charge on any atom is 0.280 e. The number of methoxy groups -OCH3 is 3. The Labute approximate surface area is 133 Å². The van der Waals surface area contributed by atoms with E-state index in [0.29, 0.717) is 22.8 Å². The smallest absolute Gasteiger partial charge is 0.280 e. The molecule has 0 aromatic heterocycles. The Kier molecular flexibility index (Phi) is 5.25. The van der Waals surface area contributed by atoms with Gasteiger partial charge >= 0.3 is 0 Å². The molecular weight excluding hydrogens is 302 g/mol. The molecule has 1 amide bonds. The van der Waals surface area contributed by atoms with Crippen LogP contribution in [0.3, 0.4) is 0 Å². The summed E-state index contributed by atoms with van der Waals surface area (Å²) in [6, 6.07) is 5.34. The van der Waals surface area contributed by atoms with Crippen molar-refractivity contribution < 1.29 is 23.7 Å². The fourth-order valence-electron chi connectivity index (χ4n) is 2.08. The van der Waals surface area contributed by atoms with Gasteiger partial charge in [-0.25, -0.2) is 5.01 Å². The van der Waals surface area contributed by atoms with Crippen LogP contribution in [0.4, 0.5) is 0 Å². The first-order valence-corrected chi connectivity index (χ1v) is 6.83. The van der Waals surface area contributed by atoms with Gasteiger partial charge in [0.05, 0.1) is 40.4 Å². The Morgan fingerprint density at radius 1 is 1.26 bits per heavy atom. The van der Waals surface area contributed by atoms with Gasteiger partial charge in [0.1, 0.15) is 0 Å². The molecule has 1 heterocycles. The normalized spacial score (nSPS) is 13.7. The van der Waals surface area contributed by atoms with Crippen molar-refractivity contribution in [3.63, 3.8) is 0 Å². The maximum atomic E-state index is 11.7. The number of amides is 1. The summed E-state index contributed by atoms with van der Waals surface area (Å²) in [5, 5.41) is 14.0. The minimum absolute atomic E-state index is 0.138. The van der Waals surface area contributed by atoms with E-state index in [1.807, 2.05) is 6.07 Å². The molecule has 0 saturated carbocycles. The number of carbonyl (C=O) groups excluding carboxylic acids is 1. The summed E-state index contributed by atoms with van der Waals surface area (Å²) in [6.45, 7) is 0.0769. The minimum atomic E-state index is -0.295. The van der Waals surface area contributed by atoms with Gasteiger partial charge in [-0.1, -0.05) is 0 Å². The lowest BCUT2D eigenvalue weighted by Gasteiger charge is -2.23. The van der Waals surface area contributed by atoms with Gasteiger partial charge in [-0.05, 0) is 12.1 Å². The lowest BCUT2D eigenvalue weighted by atomic mass is 10.1. The van der Waals surface area contributed by atoms with E-state index in [1.54, 1.807) is 12.1 Å². The van der Waals surface area contributed by atoms with Gasteiger partial charge in [0.15, 0.2) is 18.1 Å². The molecule has 0 spiro atoms. The third-order valence-electron chi connectivity index (χ3n) is 3.18. The van der Waals surface area contributed by atoms with E-state index in [0.717, 1.165) is 0 Å².